The second-order valence-electron chi connectivity index (χ2n) is 7.78. The van der Waals surface area contributed by atoms with Gasteiger partial charge in [0.25, 0.3) is 5.91 Å². The number of hydrogen-bond acceptors (Lipinski definition) is 7. The molecule has 184 valence electrons. The van der Waals surface area contributed by atoms with Crippen LogP contribution in [0.4, 0.5) is 30.5 Å². The molecule has 0 atom stereocenters. The van der Waals surface area contributed by atoms with E-state index in [1.165, 1.54) is 32.7 Å². The zero-order valence-electron chi connectivity index (χ0n) is 19.2. The number of rotatable bonds is 6. The first-order valence-electron chi connectivity index (χ1n) is 10.8. The number of alkyl halides is 3. The summed E-state index contributed by atoms with van der Waals surface area (Å²) < 4.78 is 49.0. The van der Waals surface area contributed by atoms with Crippen LogP contribution in [-0.4, -0.2) is 61.2 Å². The van der Waals surface area contributed by atoms with Crippen LogP contribution < -0.4 is 19.7 Å². The van der Waals surface area contributed by atoms with Gasteiger partial charge in [-0.05, 0) is 36.4 Å². The summed E-state index contributed by atoms with van der Waals surface area (Å²) in [5, 5.41) is 3.00. The first kappa shape index (κ1) is 24.1. The van der Waals surface area contributed by atoms with Gasteiger partial charge in [0.05, 0.1) is 19.8 Å². The quantitative estimate of drug-likeness (QED) is 0.558. The van der Waals surface area contributed by atoms with E-state index in [1.54, 1.807) is 29.2 Å². The van der Waals surface area contributed by atoms with Gasteiger partial charge in [0, 0.05) is 37.9 Å². The third-order valence-corrected chi connectivity index (χ3v) is 5.67. The topological polar surface area (TPSA) is 79.8 Å². The number of ether oxygens (including phenoxy) is 2. The van der Waals surface area contributed by atoms with Gasteiger partial charge < -0.3 is 24.6 Å². The number of anilines is 3. The Morgan fingerprint density at radius 3 is 2.14 bits per heavy atom. The van der Waals surface area contributed by atoms with Crippen molar-refractivity contribution in [2.45, 2.75) is 6.18 Å². The largest absolute Gasteiger partial charge is 0.496 e. The number of nitrogens with one attached hydrogen (secondary N) is 1. The molecule has 8 nitrogen and oxygen atoms in total. The van der Waals surface area contributed by atoms with Crippen molar-refractivity contribution in [3.8, 4) is 11.5 Å². The molecule has 0 aliphatic carbocycles. The molecule has 0 saturated carbocycles. The normalized spacial score (nSPS) is 14.0. The molecule has 2 heterocycles. The van der Waals surface area contributed by atoms with Crippen LogP contribution in [0.15, 0.2) is 54.9 Å². The molecule has 1 aromatic heterocycles. The van der Waals surface area contributed by atoms with E-state index in [-0.39, 0.29) is 5.91 Å². The van der Waals surface area contributed by atoms with Crippen molar-refractivity contribution >= 4 is 23.2 Å². The van der Waals surface area contributed by atoms with Crippen molar-refractivity contribution in [3.05, 3.63) is 66.0 Å². The van der Waals surface area contributed by atoms with E-state index in [2.05, 4.69) is 15.3 Å². The maximum Gasteiger partial charge on any atom is 0.416 e. The van der Waals surface area contributed by atoms with E-state index in [9.17, 15) is 18.0 Å². The number of carbonyl (C=O) groups is 1. The zero-order valence-corrected chi connectivity index (χ0v) is 19.2. The minimum Gasteiger partial charge on any atom is -0.496 e. The molecule has 2 aromatic carbocycles. The molecule has 1 saturated heterocycles. The fourth-order valence-electron chi connectivity index (χ4n) is 3.84. The average molecular weight is 487 g/mol. The van der Waals surface area contributed by atoms with Gasteiger partial charge in [-0.3, -0.25) is 4.79 Å². The van der Waals surface area contributed by atoms with E-state index < -0.39 is 11.7 Å². The standard InChI is InChI=1S/C24H24F3N5O3/c1-34-18-4-3-5-19(35-2)22(18)23(33)32-12-10-31(11-13-32)21-14-20(28-15-29-21)30-17-8-6-16(7-9-17)24(25,26)27/h3-9,14-15H,10-13H2,1-2H3,(H,28,29,30). The third kappa shape index (κ3) is 5.39. The van der Waals surface area contributed by atoms with Crippen molar-refractivity contribution in [3.63, 3.8) is 0 Å². The molecule has 0 bridgehead atoms. The summed E-state index contributed by atoms with van der Waals surface area (Å²) in [5.74, 6) is 1.83. The van der Waals surface area contributed by atoms with Crippen LogP contribution in [0, 0.1) is 0 Å². The van der Waals surface area contributed by atoms with Crippen molar-refractivity contribution in [1.82, 2.24) is 14.9 Å². The van der Waals surface area contributed by atoms with Crippen LogP contribution in [0.1, 0.15) is 15.9 Å². The SMILES string of the molecule is COc1cccc(OC)c1C(=O)N1CCN(c2cc(Nc3ccc(C(F)(F)F)cc3)ncn2)CC1. The van der Waals surface area contributed by atoms with E-state index in [4.69, 9.17) is 9.47 Å². The lowest BCUT2D eigenvalue weighted by Gasteiger charge is -2.35. The van der Waals surface area contributed by atoms with Gasteiger partial charge in [0.15, 0.2) is 0 Å². The minimum atomic E-state index is -4.39. The van der Waals surface area contributed by atoms with Gasteiger partial charge in [-0.15, -0.1) is 0 Å². The summed E-state index contributed by atoms with van der Waals surface area (Å²) in [4.78, 5) is 25.4. The molecule has 1 amide bonds. The highest BCUT2D eigenvalue weighted by atomic mass is 19.4. The summed E-state index contributed by atoms with van der Waals surface area (Å²) in [6.45, 7) is 2.01. The molecular formula is C24H24F3N5O3. The first-order chi connectivity index (χ1) is 16.8. The maximum absolute atomic E-state index is 13.2. The summed E-state index contributed by atoms with van der Waals surface area (Å²) >= 11 is 0. The zero-order chi connectivity index (χ0) is 25.0. The number of carbonyl (C=O) groups excluding carboxylic acids is 1. The van der Waals surface area contributed by atoms with E-state index in [1.807, 2.05) is 4.90 Å². The number of piperazine rings is 1. The van der Waals surface area contributed by atoms with Gasteiger partial charge in [-0.25, -0.2) is 9.97 Å². The molecule has 3 aromatic rings. The average Bonchev–Trinajstić information content (AvgIpc) is 2.87. The Bertz CT molecular complexity index is 1160. The van der Waals surface area contributed by atoms with Gasteiger partial charge >= 0.3 is 6.18 Å². The Balaban J connectivity index is 1.41. The van der Waals surface area contributed by atoms with Crippen molar-refractivity contribution < 1.29 is 27.4 Å². The summed E-state index contributed by atoms with van der Waals surface area (Å²) in [6, 6.07) is 11.6. The highest BCUT2D eigenvalue weighted by Crippen LogP contribution is 2.31. The summed E-state index contributed by atoms with van der Waals surface area (Å²) in [6.07, 6.45) is -3.00. The monoisotopic (exact) mass is 487 g/mol. The van der Waals surface area contributed by atoms with Gasteiger partial charge in [-0.1, -0.05) is 6.07 Å². The number of aromatic nitrogens is 2. The van der Waals surface area contributed by atoms with Gasteiger partial charge in [0.1, 0.15) is 35.0 Å². The fourth-order valence-corrected chi connectivity index (χ4v) is 3.84. The Labute approximate surface area is 200 Å². The molecular weight excluding hydrogens is 463 g/mol. The second kappa shape index (κ2) is 10.1. The Hall–Kier alpha value is -4.02. The Kier molecular flexibility index (Phi) is 6.94. The number of amides is 1. The lowest BCUT2D eigenvalue weighted by atomic mass is 10.1. The van der Waals surface area contributed by atoms with E-state index >= 15 is 0 Å². The molecule has 1 aliphatic rings. The number of benzene rings is 2. The highest BCUT2D eigenvalue weighted by Gasteiger charge is 2.30. The minimum absolute atomic E-state index is 0.175. The number of halogens is 3. The van der Waals surface area contributed by atoms with Crippen LogP contribution in [0.25, 0.3) is 0 Å². The Morgan fingerprint density at radius 1 is 0.943 bits per heavy atom. The molecule has 0 unspecified atom stereocenters. The summed E-state index contributed by atoms with van der Waals surface area (Å²) in [5.41, 5.74) is 0.143. The van der Waals surface area contributed by atoms with Crippen molar-refractivity contribution in [2.24, 2.45) is 0 Å². The summed E-state index contributed by atoms with van der Waals surface area (Å²) in [7, 11) is 3.02. The molecule has 4 rings (SSSR count). The molecule has 0 radical (unpaired) electrons. The Morgan fingerprint density at radius 2 is 1.57 bits per heavy atom. The second-order valence-corrected chi connectivity index (χ2v) is 7.78. The maximum atomic E-state index is 13.2. The first-order valence-corrected chi connectivity index (χ1v) is 10.8. The van der Waals surface area contributed by atoms with Crippen LogP contribution in [0.5, 0.6) is 11.5 Å². The predicted octanol–water partition coefficient (Wildman–Crippen LogP) is 4.22. The highest BCUT2D eigenvalue weighted by molar-refractivity contribution is 5.99. The smallest absolute Gasteiger partial charge is 0.416 e. The van der Waals surface area contributed by atoms with Crippen molar-refractivity contribution in [2.75, 3.05) is 50.6 Å². The van der Waals surface area contributed by atoms with Gasteiger partial charge in [0.2, 0.25) is 0 Å². The van der Waals surface area contributed by atoms with Crippen molar-refractivity contribution in [1.29, 1.82) is 0 Å². The van der Waals surface area contributed by atoms with Crippen LogP contribution in [0.2, 0.25) is 0 Å². The third-order valence-electron chi connectivity index (χ3n) is 5.67. The van der Waals surface area contributed by atoms with E-state index in [0.717, 1.165) is 12.1 Å². The van der Waals surface area contributed by atoms with E-state index in [0.29, 0.717) is 60.6 Å². The number of methoxy groups -OCH3 is 2. The molecule has 1 fully saturated rings. The lowest BCUT2D eigenvalue weighted by Crippen LogP contribution is -2.49. The molecule has 1 N–H and O–H groups in total. The molecule has 1 aliphatic heterocycles. The molecule has 35 heavy (non-hydrogen) atoms. The van der Waals surface area contributed by atoms with Crippen LogP contribution in [-0.2, 0) is 6.18 Å². The number of hydrogen-bond donors (Lipinski definition) is 1. The van der Waals surface area contributed by atoms with Gasteiger partial charge in [-0.2, -0.15) is 13.2 Å². The molecule has 11 heteroatoms. The number of nitrogens with zero attached hydrogens (tertiary/aromatic N) is 4. The van der Waals surface area contributed by atoms with Crippen LogP contribution >= 0.6 is 0 Å². The van der Waals surface area contributed by atoms with Crippen LogP contribution in [0.3, 0.4) is 0 Å². The molecule has 0 spiro atoms. The lowest BCUT2D eigenvalue weighted by molar-refractivity contribution is -0.137. The fraction of sp³-hybridized carbons (Fsp3) is 0.292. The predicted molar refractivity (Wildman–Crippen MR) is 124 cm³/mol.